The number of rotatable bonds is 6. The molecule has 1 heterocycles. The van der Waals surface area contributed by atoms with E-state index in [2.05, 4.69) is 37.9 Å². The summed E-state index contributed by atoms with van der Waals surface area (Å²) in [4.78, 5) is 0. The fraction of sp³-hybridized carbons (Fsp3) is 0.733. The summed E-state index contributed by atoms with van der Waals surface area (Å²) < 4.78 is 0. The monoisotopic (exact) mass is 219 g/mol. The highest BCUT2D eigenvalue weighted by Gasteiger charge is 2.06. The van der Waals surface area contributed by atoms with Crippen molar-refractivity contribution < 1.29 is 0 Å². The van der Waals surface area contributed by atoms with Gasteiger partial charge in [-0.05, 0) is 26.7 Å². The third-order valence-electron chi connectivity index (χ3n) is 3.11. The van der Waals surface area contributed by atoms with Crippen LogP contribution in [0.3, 0.4) is 0 Å². The lowest BCUT2D eigenvalue weighted by molar-refractivity contribution is 0.597. The molecular formula is C15H25N. The van der Waals surface area contributed by atoms with Crippen LogP contribution < -0.4 is 5.32 Å². The Hall–Kier alpha value is -0.900. The Morgan fingerprint density at radius 3 is 2.75 bits per heavy atom. The van der Waals surface area contributed by atoms with Gasteiger partial charge in [0.25, 0.3) is 0 Å². The summed E-state index contributed by atoms with van der Waals surface area (Å²) in [6, 6.07) is 0. The number of nitrogens with one attached hydrogen (secondary N) is 1. The Bertz CT molecular complexity index is 290. The summed E-state index contributed by atoms with van der Waals surface area (Å²) in [6.07, 6.45) is 7.91. The maximum atomic E-state index is 3.53. The zero-order valence-corrected chi connectivity index (χ0v) is 11.0. The summed E-state index contributed by atoms with van der Waals surface area (Å²) in [5.41, 5.74) is 2.63. The van der Waals surface area contributed by atoms with E-state index < -0.39 is 0 Å². The molecule has 1 unspecified atom stereocenters. The third-order valence-corrected chi connectivity index (χ3v) is 3.11. The highest BCUT2D eigenvalue weighted by molar-refractivity contribution is 5.33. The first-order chi connectivity index (χ1) is 7.74. The van der Waals surface area contributed by atoms with Crippen LogP contribution in [-0.2, 0) is 0 Å². The Kier molecular flexibility index (Phi) is 6.08. The maximum absolute atomic E-state index is 3.53. The van der Waals surface area contributed by atoms with E-state index in [9.17, 15) is 0 Å². The molecule has 1 N–H and O–H groups in total. The van der Waals surface area contributed by atoms with Crippen LogP contribution in [0.2, 0.25) is 0 Å². The highest BCUT2D eigenvalue weighted by Crippen LogP contribution is 2.14. The zero-order chi connectivity index (χ0) is 11.8. The fourth-order valence-corrected chi connectivity index (χ4v) is 1.95. The molecule has 0 aromatic heterocycles. The Morgan fingerprint density at radius 1 is 1.25 bits per heavy atom. The summed E-state index contributed by atoms with van der Waals surface area (Å²) in [5.74, 6) is 7.01. The molecule has 1 rings (SSSR count). The quantitative estimate of drug-likeness (QED) is 0.528. The minimum Gasteiger partial charge on any atom is -0.386 e. The van der Waals surface area contributed by atoms with Crippen molar-refractivity contribution in [3.05, 3.63) is 11.3 Å². The van der Waals surface area contributed by atoms with Crippen molar-refractivity contribution in [1.82, 2.24) is 5.32 Å². The van der Waals surface area contributed by atoms with Crippen LogP contribution in [-0.4, -0.2) is 6.54 Å². The first-order valence-electron chi connectivity index (χ1n) is 6.69. The van der Waals surface area contributed by atoms with Crippen LogP contribution >= 0.6 is 0 Å². The summed E-state index contributed by atoms with van der Waals surface area (Å²) >= 11 is 0. The van der Waals surface area contributed by atoms with E-state index in [-0.39, 0.29) is 0 Å². The number of allylic oxidation sites excluding steroid dienone is 2. The molecule has 0 saturated heterocycles. The zero-order valence-electron chi connectivity index (χ0n) is 11.0. The minimum absolute atomic E-state index is 0.479. The number of hydrogen-bond donors (Lipinski definition) is 1. The number of unbranched alkanes of at least 4 members (excludes halogenated alkanes) is 4. The molecule has 0 aromatic carbocycles. The van der Waals surface area contributed by atoms with Gasteiger partial charge in [0.15, 0.2) is 0 Å². The van der Waals surface area contributed by atoms with Gasteiger partial charge in [-0.3, -0.25) is 0 Å². The second-order valence-electron chi connectivity index (χ2n) is 4.82. The van der Waals surface area contributed by atoms with Crippen molar-refractivity contribution in [2.24, 2.45) is 5.92 Å². The third kappa shape index (κ3) is 4.75. The van der Waals surface area contributed by atoms with Crippen LogP contribution in [0, 0.1) is 17.8 Å². The summed E-state index contributed by atoms with van der Waals surface area (Å²) in [5, 5.41) is 3.53. The van der Waals surface area contributed by atoms with E-state index >= 15 is 0 Å². The van der Waals surface area contributed by atoms with E-state index in [0.29, 0.717) is 5.92 Å². The van der Waals surface area contributed by atoms with Crippen molar-refractivity contribution in [3.63, 3.8) is 0 Å². The Morgan fingerprint density at radius 2 is 2.00 bits per heavy atom. The van der Waals surface area contributed by atoms with Gasteiger partial charge in [0.05, 0.1) is 0 Å². The van der Waals surface area contributed by atoms with Gasteiger partial charge < -0.3 is 5.32 Å². The molecule has 16 heavy (non-hydrogen) atoms. The van der Waals surface area contributed by atoms with Gasteiger partial charge in [0.1, 0.15) is 0 Å². The van der Waals surface area contributed by atoms with E-state index in [0.717, 1.165) is 6.54 Å². The molecule has 0 spiro atoms. The lowest BCUT2D eigenvalue weighted by atomic mass is 10.1. The SMILES string of the molecule is CCCCCCCC1=C(C)C#CC(C)CN1. The van der Waals surface area contributed by atoms with Crippen LogP contribution in [0.1, 0.15) is 59.3 Å². The Balaban J connectivity index is 2.30. The fourth-order valence-electron chi connectivity index (χ4n) is 1.95. The van der Waals surface area contributed by atoms with E-state index in [4.69, 9.17) is 0 Å². The van der Waals surface area contributed by atoms with Crippen LogP contribution in [0.15, 0.2) is 11.3 Å². The van der Waals surface area contributed by atoms with E-state index in [1.807, 2.05) is 0 Å². The first kappa shape index (κ1) is 13.2. The summed E-state index contributed by atoms with van der Waals surface area (Å²) in [6.45, 7) is 7.59. The average Bonchev–Trinajstić information content (AvgIpc) is 2.43. The molecule has 0 fully saturated rings. The normalized spacial score (nSPS) is 19.8. The van der Waals surface area contributed by atoms with Gasteiger partial charge in [0, 0.05) is 23.7 Å². The highest BCUT2D eigenvalue weighted by atomic mass is 14.9. The average molecular weight is 219 g/mol. The topological polar surface area (TPSA) is 12.0 Å². The molecular weight excluding hydrogens is 194 g/mol. The standard InChI is InChI=1S/C15H25N/c1-4-5-6-7-8-9-15-14(3)11-10-13(2)12-16-15/h13,16H,4-9,12H2,1-3H3. The lowest BCUT2D eigenvalue weighted by Crippen LogP contribution is -2.19. The summed E-state index contributed by atoms with van der Waals surface area (Å²) in [7, 11) is 0. The van der Waals surface area contributed by atoms with Crippen molar-refractivity contribution >= 4 is 0 Å². The van der Waals surface area contributed by atoms with Crippen molar-refractivity contribution in [1.29, 1.82) is 0 Å². The van der Waals surface area contributed by atoms with Gasteiger partial charge >= 0.3 is 0 Å². The molecule has 0 bridgehead atoms. The van der Waals surface area contributed by atoms with Gasteiger partial charge in [-0.15, -0.1) is 0 Å². The predicted molar refractivity (Wildman–Crippen MR) is 71.0 cm³/mol. The largest absolute Gasteiger partial charge is 0.386 e. The maximum Gasteiger partial charge on any atom is 0.0351 e. The lowest BCUT2D eigenvalue weighted by Gasteiger charge is -2.12. The first-order valence-corrected chi connectivity index (χ1v) is 6.69. The molecule has 0 amide bonds. The van der Waals surface area contributed by atoms with Gasteiger partial charge in [-0.1, -0.05) is 44.4 Å². The van der Waals surface area contributed by atoms with Crippen LogP contribution in [0.25, 0.3) is 0 Å². The van der Waals surface area contributed by atoms with E-state index in [1.165, 1.54) is 49.8 Å². The van der Waals surface area contributed by atoms with Crippen molar-refractivity contribution in [2.75, 3.05) is 6.54 Å². The second-order valence-corrected chi connectivity index (χ2v) is 4.82. The molecule has 1 aliphatic rings. The van der Waals surface area contributed by atoms with E-state index in [1.54, 1.807) is 0 Å². The second kappa shape index (κ2) is 7.39. The van der Waals surface area contributed by atoms with Gasteiger partial charge in [-0.2, -0.15) is 0 Å². The predicted octanol–water partition coefficient (Wildman–Crippen LogP) is 3.86. The van der Waals surface area contributed by atoms with Crippen LogP contribution in [0.5, 0.6) is 0 Å². The van der Waals surface area contributed by atoms with Crippen molar-refractivity contribution in [3.8, 4) is 11.8 Å². The molecule has 1 atom stereocenters. The van der Waals surface area contributed by atoms with Crippen molar-refractivity contribution in [2.45, 2.75) is 59.3 Å². The molecule has 0 aromatic rings. The van der Waals surface area contributed by atoms with Gasteiger partial charge in [0.2, 0.25) is 0 Å². The molecule has 1 nitrogen and oxygen atoms in total. The molecule has 0 radical (unpaired) electrons. The molecule has 0 aliphatic carbocycles. The molecule has 0 saturated carbocycles. The smallest absolute Gasteiger partial charge is 0.0351 e. The van der Waals surface area contributed by atoms with Gasteiger partial charge in [-0.25, -0.2) is 0 Å². The number of hydrogen-bond acceptors (Lipinski definition) is 1. The minimum atomic E-state index is 0.479. The molecule has 1 aliphatic heterocycles. The molecule has 90 valence electrons. The molecule has 1 heteroatoms. The van der Waals surface area contributed by atoms with Crippen LogP contribution in [0.4, 0.5) is 0 Å². The Labute approximate surface area is 101 Å².